The van der Waals surface area contributed by atoms with Crippen LogP contribution in [0.1, 0.15) is 18.1 Å². The number of aliphatic hydroxyl groups is 1. The first-order valence-electron chi connectivity index (χ1n) is 5.15. The van der Waals surface area contributed by atoms with E-state index in [-0.39, 0.29) is 12.2 Å². The standard InChI is InChI=1S/C12H14F2O2/c1-11(13,14)9-3-2-4-10(5-9)12(6-15)7-16-8-12/h2-5,15H,6-8H2,1H3. The highest BCUT2D eigenvalue weighted by atomic mass is 19.3. The van der Waals surface area contributed by atoms with Crippen molar-refractivity contribution in [3.05, 3.63) is 35.4 Å². The van der Waals surface area contributed by atoms with Crippen LogP contribution in [0.25, 0.3) is 0 Å². The Labute approximate surface area is 92.9 Å². The number of ether oxygens (including phenoxy) is 1. The molecule has 1 aliphatic heterocycles. The molecule has 0 bridgehead atoms. The Morgan fingerprint density at radius 3 is 2.56 bits per heavy atom. The third kappa shape index (κ3) is 1.83. The lowest BCUT2D eigenvalue weighted by atomic mass is 9.78. The summed E-state index contributed by atoms with van der Waals surface area (Å²) in [5, 5.41) is 9.32. The van der Waals surface area contributed by atoms with Crippen molar-refractivity contribution in [3.63, 3.8) is 0 Å². The second-order valence-corrected chi connectivity index (χ2v) is 4.40. The molecule has 1 heterocycles. The molecule has 0 aromatic heterocycles. The molecular formula is C12H14F2O2. The van der Waals surface area contributed by atoms with Gasteiger partial charge in [-0.2, -0.15) is 0 Å². The molecule has 0 saturated carbocycles. The molecule has 1 aliphatic rings. The van der Waals surface area contributed by atoms with E-state index in [4.69, 9.17) is 4.74 Å². The molecule has 0 unspecified atom stereocenters. The van der Waals surface area contributed by atoms with E-state index in [0.717, 1.165) is 12.5 Å². The molecule has 0 amide bonds. The van der Waals surface area contributed by atoms with Crippen LogP contribution in [-0.4, -0.2) is 24.9 Å². The zero-order valence-electron chi connectivity index (χ0n) is 9.04. The monoisotopic (exact) mass is 228 g/mol. The fraction of sp³-hybridized carbons (Fsp3) is 0.500. The summed E-state index contributed by atoms with van der Waals surface area (Å²) >= 11 is 0. The average molecular weight is 228 g/mol. The summed E-state index contributed by atoms with van der Waals surface area (Å²) in [4.78, 5) is 0. The van der Waals surface area contributed by atoms with E-state index < -0.39 is 11.3 Å². The topological polar surface area (TPSA) is 29.5 Å². The van der Waals surface area contributed by atoms with Gasteiger partial charge in [-0.05, 0) is 11.6 Å². The van der Waals surface area contributed by atoms with Crippen molar-refractivity contribution in [2.24, 2.45) is 0 Å². The van der Waals surface area contributed by atoms with Crippen LogP contribution in [0.15, 0.2) is 24.3 Å². The fourth-order valence-corrected chi connectivity index (χ4v) is 1.82. The number of aliphatic hydroxyl groups excluding tert-OH is 1. The Kier molecular flexibility index (Phi) is 2.72. The predicted molar refractivity (Wildman–Crippen MR) is 55.6 cm³/mol. The summed E-state index contributed by atoms with van der Waals surface area (Å²) in [7, 11) is 0. The molecule has 16 heavy (non-hydrogen) atoms. The fourth-order valence-electron chi connectivity index (χ4n) is 1.82. The Morgan fingerprint density at radius 1 is 1.44 bits per heavy atom. The second-order valence-electron chi connectivity index (χ2n) is 4.40. The van der Waals surface area contributed by atoms with E-state index in [2.05, 4.69) is 0 Å². The minimum absolute atomic E-state index is 0.0234. The number of halogens is 2. The van der Waals surface area contributed by atoms with Crippen LogP contribution in [-0.2, 0) is 16.1 Å². The van der Waals surface area contributed by atoms with Crippen molar-refractivity contribution in [2.45, 2.75) is 18.3 Å². The zero-order valence-corrected chi connectivity index (χ0v) is 9.04. The number of rotatable bonds is 3. The maximum atomic E-state index is 13.2. The lowest BCUT2D eigenvalue weighted by Crippen LogP contribution is -2.49. The van der Waals surface area contributed by atoms with Gasteiger partial charge in [0, 0.05) is 12.5 Å². The highest BCUT2D eigenvalue weighted by molar-refractivity contribution is 5.34. The van der Waals surface area contributed by atoms with Crippen molar-refractivity contribution in [3.8, 4) is 0 Å². The molecule has 1 fully saturated rings. The lowest BCUT2D eigenvalue weighted by molar-refractivity contribution is -0.0844. The normalized spacial score (nSPS) is 19.2. The van der Waals surface area contributed by atoms with Crippen molar-refractivity contribution >= 4 is 0 Å². The first-order valence-corrected chi connectivity index (χ1v) is 5.15. The van der Waals surface area contributed by atoms with Crippen LogP contribution in [0.2, 0.25) is 0 Å². The van der Waals surface area contributed by atoms with E-state index >= 15 is 0 Å². The lowest BCUT2D eigenvalue weighted by Gasteiger charge is -2.40. The molecule has 0 spiro atoms. The molecule has 2 rings (SSSR count). The smallest absolute Gasteiger partial charge is 0.270 e. The number of hydrogen-bond donors (Lipinski definition) is 1. The Hall–Kier alpha value is -1.00. The highest BCUT2D eigenvalue weighted by Crippen LogP contribution is 2.35. The molecule has 1 saturated heterocycles. The second kappa shape index (κ2) is 3.79. The van der Waals surface area contributed by atoms with Gasteiger partial charge in [0.05, 0.1) is 25.2 Å². The van der Waals surface area contributed by atoms with Gasteiger partial charge in [-0.15, -0.1) is 0 Å². The minimum atomic E-state index is -2.85. The summed E-state index contributed by atoms with van der Waals surface area (Å²) in [6, 6.07) is 6.21. The van der Waals surface area contributed by atoms with Crippen molar-refractivity contribution < 1.29 is 18.6 Å². The van der Waals surface area contributed by atoms with Crippen molar-refractivity contribution in [1.29, 1.82) is 0 Å². The van der Waals surface area contributed by atoms with Gasteiger partial charge in [0.15, 0.2) is 0 Å². The minimum Gasteiger partial charge on any atom is -0.395 e. The number of hydrogen-bond acceptors (Lipinski definition) is 2. The summed E-state index contributed by atoms with van der Waals surface area (Å²) in [5.41, 5.74) is 0.214. The van der Waals surface area contributed by atoms with Crippen LogP contribution in [0.5, 0.6) is 0 Å². The number of alkyl halides is 2. The predicted octanol–water partition coefficient (Wildman–Crippen LogP) is 2.06. The van der Waals surface area contributed by atoms with Crippen LogP contribution < -0.4 is 0 Å². The van der Waals surface area contributed by atoms with Gasteiger partial charge < -0.3 is 9.84 Å². The summed E-state index contributed by atoms with van der Waals surface area (Å²) in [5.74, 6) is -2.85. The van der Waals surface area contributed by atoms with E-state index in [9.17, 15) is 13.9 Å². The van der Waals surface area contributed by atoms with Gasteiger partial charge >= 0.3 is 0 Å². The van der Waals surface area contributed by atoms with Crippen LogP contribution >= 0.6 is 0 Å². The highest BCUT2D eigenvalue weighted by Gasteiger charge is 2.40. The first-order chi connectivity index (χ1) is 7.48. The summed E-state index contributed by atoms with van der Waals surface area (Å²) in [6.45, 7) is 1.57. The Balaban J connectivity index is 2.36. The molecule has 4 heteroatoms. The van der Waals surface area contributed by atoms with Crippen LogP contribution in [0.4, 0.5) is 8.78 Å². The van der Waals surface area contributed by atoms with E-state index in [1.54, 1.807) is 12.1 Å². The van der Waals surface area contributed by atoms with E-state index in [1.165, 1.54) is 12.1 Å². The van der Waals surface area contributed by atoms with E-state index in [1.807, 2.05) is 0 Å². The molecule has 88 valence electrons. The SMILES string of the molecule is CC(F)(F)c1cccc(C2(CO)COC2)c1. The van der Waals surface area contributed by atoms with Crippen LogP contribution in [0.3, 0.4) is 0 Å². The van der Waals surface area contributed by atoms with Gasteiger partial charge in [-0.25, -0.2) is 8.78 Å². The third-order valence-corrected chi connectivity index (χ3v) is 3.04. The maximum absolute atomic E-state index is 13.2. The largest absolute Gasteiger partial charge is 0.395 e. The average Bonchev–Trinajstić information content (AvgIpc) is 2.16. The molecule has 1 aromatic rings. The van der Waals surface area contributed by atoms with Gasteiger partial charge in [-0.3, -0.25) is 0 Å². The zero-order chi connectivity index (χ0) is 11.8. The molecule has 2 nitrogen and oxygen atoms in total. The molecule has 1 aromatic carbocycles. The third-order valence-electron chi connectivity index (χ3n) is 3.04. The maximum Gasteiger partial charge on any atom is 0.270 e. The van der Waals surface area contributed by atoms with Gasteiger partial charge in [0.1, 0.15) is 0 Å². The van der Waals surface area contributed by atoms with Crippen LogP contribution in [0, 0.1) is 0 Å². The summed E-state index contributed by atoms with van der Waals surface area (Å²) < 4.78 is 31.4. The van der Waals surface area contributed by atoms with Crippen molar-refractivity contribution in [2.75, 3.05) is 19.8 Å². The number of benzene rings is 1. The molecule has 0 radical (unpaired) electrons. The Morgan fingerprint density at radius 2 is 2.12 bits per heavy atom. The van der Waals surface area contributed by atoms with Gasteiger partial charge in [0.25, 0.3) is 5.92 Å². The Bertz CT molecular complexity index is 375. The van der Waals surface area contributed by atoms with Gasteiger partial charge in [-0.1, -0.05) is 18.2 Å². The molecule has 0 aliphatic carbocycles. The molecule has 0 atom stereocenters. The summed E-state index contributed by atoms with van der Waals surface area (Å²) in [6.07, 6.45) is 0. The first kappa shape index (κ1) is 11.5. The van der Waals surface area contributed by atoms with Gasteiger partial charge in [0.2, 0.25) is 0 Å². The molecule has 1 N–H and O–H groups in total. The van der Waals surface area contributed by atoms with E-state index in [0.29, 0.717) is 13.2 Å². The van der Waals surface area contributed by atoms with Crippen molar-refractivity contribution in [1.82, 2.24) is 0 Å². The quantitative estimate of drug-likeness (QED) is 0.858. The molecular weight excluding hydrogens is 214 g/mol.